The van der Waals surface area contributed by atoms with Crippen molar-refractivity contribution in [3.8, 4) is 0 Å². The van der Waals surface area contributed by atoms with Crippen molar-refractivity contribution >= 4 is 17.1 Å². The number of thiophene rings is 1. The van der Waals surface area contributed by atoms with Crippen LogP contribution in [0.1, 0.15) is 40.7 Å². The fourth-order valence-corrected chi connectivity index (χ4v) is 4.75. The summed E-state index contributed by atoms with van der Waals surface area (Å²) < 4.78 is 0. The summed E-state index contributed by atoms with van der Waals surface area (Å²) in [6.45, 7) is 6.17. The average Bonchev–Trinajstić information content (AvgIpc) is 2.96. The van der Waals surface area contributed by atoms with Gasteiger partial charge in [-0.15, -0.1) is 11.3 Å². The van der Waals surface area contributed by atoms with E-state index in [0.29, 0.717) is 12.3 Å². The molecule has 1 aromatic rings. The molecule has 2 unspecified atom stereocenters. The molecule has 1 aromatic heterocycles. The van der Waals surface area contributed by atoms with Crippen LogP contribution in [-0.4, -0.2) is 54.9 Å². The minimum Gasteiger partial charge on any atom is -0.303 e. The molecule has 0 aliphatic carbocycles. The fourth-order valence-electron chi connectivity index (χ4n) is 3.87. The van der Waals surface area contributed by atoms with Gasteiger partial charge in [-0.25, -0.2) is 0 Å². The molecule has 2 fully saturated rings. The number of ketones is 1. The van der Waals surface area contributed by atoms with Crippen molar-refractivity contribution in [1.82, 2.24) is 9.80 Å². The molecule has 3 nitrogen and oxygen atoms in total. The third kappa shape index (κ3) is 3.38. The van der Waals surface area contributed by atoms with Crippen LogP contribution in [0.4, 0.5) is 0 Å². The Kier molecular flexibility index (Phi) is 4.77. The third-order valence-electron chi connectivity index (χ3n) is 5.08. The highest BCUT2D eigenvalue weighted by molar-refractivity contribution is 7.14. The molecule has 2 saturated heterocycles. The van der Waals surface area contributed by atoms with Crippen molar-refractivity contribution in [3.05, 3.63) is 21.9 Å². The summed E-state index contributed by atoms with van der Waals surface area (Å²) >= 11 is 1.67. The molecule has 0 bridgehead atoms. The van der Waals surface area contributed by atoms with Gasteiger partial charge in [-0.3, -0.25) is 9.69 Å². The lowest BCUT2D eigenvalue weighted by atomic mass is 9.84. The van der Waals surface area contributed by atoms with Crippen molar-refractivity contribution in [2.24, 2.45) is 5.92 Å². The smallest absolute Gasteiger partial charge is 0.186 e. The monoisotopic (exact) mass is 306 g/mol. The summed E-state index contributed by atoms with van der Waals surface area (Å²) in [5, 5.41) is 0. The normalized spacial score (nSPS) is 27.5. The number of piperidine rings is 2. The molecule has 2 aliphatic rings. The predicted molar refractivity (Wildman–Crippen MR) is 88.2 cm³/mol. The largest absolute Gasteiger partial charge is 0.303 e. The number of hydrogen-bond acceptors (Lipinski definition) is 4. The zero-order chi connectivity index (χ0) is 14.8. The lowest BCUT2D eigenvalue weighted by molar-refractivity contribution is 0.0379. The van der Waals surface area contributed by atoms with E-state index < -0.39 is 0 Å². The SMILES string of the molecule is CCc1ccc(C(=O)CN2CCC3C(CCCN3C)C2)s1. The number of fused-ring (bicyclic) bond motifs is 1. The van der Waals surface area contributed by atoms with E-state index in [2.05, 4.69) is 29.8 Å². The highest BCUT2D eigenvalue weighted by Crippen LogP contribution is 2.29. The maximum absolute atomic E-state index is 12.4. The fraction of sp³-hybridized carbons (Fsp3) is 0.706. The van der Waals surface area contributed by atoms with Gasteiger partial charge in [-0.2, -0.15) is 0 Å². The van der Waals surface area contributed by atoms with Gasteiger partial charge < -0.3 is 4.90 Å². The van der Waals surface area contributed by atoms with E-state index in [1.807, 2.05) is 6.07 Å². The Bertz CT molecular complexity index is 499. The first-order valence-corrected chi connectivity index (χ1v) is 9.03. The van der Waals surface area contributed by atoms with Crippen LogP contribution >= 0.6 is 11.3 Å². The summed E-state index contributed by atoms with van der Waals surface area (Å²) in [6, 6.07) is 4.85. The molecule has 0 saturated carbocycles. The zero-order valence-electron chi connectivity index (χ0n) is 13.2. The standard InChI is InChI=1S/C17H26N2OS/c1-3-14-6-7-17(21-14)16(20)12-19-10-8-15-13(11-19)5-4-9-18(15)2/h6-7,13,15H,3-5,8-12H2,1-2H3. The number of likely N-dealkylation sites (tertiary alicyclic amines) is 2. The molecular weight excluding hydrogens is 280 g/mol. The molecule has 116 valence electrons. The molecule has 3 rings (SSSR count). The minimum atomic E-state index is 0.308. The summed E-state index contributed by atoms with van der Waals surface area (Å²) in [5.74, 6) is 1.07. The summed E-state index contributed by atoms with van der Waals surface area (Å²) in [6.07, 6.45) is 4.89. The van der Waals surface area contributed by atoms with Crippen LogP contribution in [0.25, 0.3) is 0 Å². The van der Waals surface area contributed by atoms with E-state index in [-0.39, 0.29) is 0 Å². The molecular formula is C17H26N2OS. The topological polar surface area (TPSA) is 23.6 Å². The highest BCUT2D eigenvalue weighted by Gasteiger charge is 2.34. The number of rotatable bonds is 4. The van der Waals surface area contributed by atoms with Gasteiger partial charge >= 0.3 is 0 Å². The highest BCUT2D eigenvalue weighted by atomic mass is 32.1. The van der Waals surface area contributed by atoms with Gasteiger partial charge in [0, 0.05) is 24.0 Å². The van der Waals surface area contributed by atoms with E-state index in [1.54, 1.807) is 11.3 Å². The Morgan fingerprint density at radius 2 is 2.19 bits per heavy atom. The van der Waals surface area contributed by atoms with Crippen LogP contribution in [0.3, 0.4) is 0 Å². The van der Waals surface area contributed by atoms with E-state index in [0.717, 1.165) is 36.3 Å². The van der Waals surface area contributed by atoms with Gasteiger partial charge in [0.25, 0.3) is 0 Å². The summed E-state index contributed by atoms with van der Waals surface area (Å²) in [4.78, 5) is 19.6. The van der Waals surface area contributed by atoms with Crippen LogP contribution in [0.15, 0.2) is 12.1 Å². The Labute approximate surface area is 131 Å². The number of hydrogen-bond donors (Lipinski definition) is 0. The minimum absolute atomic E-state index is 0.308. The van der Waals surface area contributed by atoms with Crippen LogP contribution in [0.2, 0.25) is 0 Å². The Morgan fingerprint density at radius 3 is 2.95 bits per heavy atom. The number of carbonyl (C=O) groups is 1. The van der Waals surface area contributed by atoms with Crippen LogP contribution in [-0.2, 0) is 6.42 Å². The van der Waals surface area contributed by atoms with Crippen molar-refractivity contribution < 1.29 is 4.79 Å². The summed E-state index contributed by atoms with van der Waals surface area (Å²) in [7, 11) is 2.26. The molecule has 2 atom stereocenters. The molecule has 0 spiro atoms. The number of Topliss-reactive ketones (excluding diaryl/α,β-unsaturated/α-hetero) is 1. The summed E-state index contributed by atoms with van der Waals surface area (Å²) in [5.41, 5.74) is 0. The molecule has 4 heteroatoms. The predicted octanol–water partition coefficient (Wildman–Crippen LogP) is 2.91. The van der Waals surface area contributed by atoms with Gasteiger partial charge in [0.15, 0.2) is 5.78 Å². The van der Waals surface area contributed by atoms with E-state index in [9.17, 15) is 4.79 Å². The number of carbonyl (C=O) groups excluding carboxylic acids is 1. The average molecular weight is 306 g/mol. The van der Waals surface area contributed by atoms with Crippen LogP contribution < -0.4 is 0 Å². The molecule has 3 heterocycles. The van der Waals surface area contributed by atoms with Crippen LogP contribution in [0, 0.1) is 5.92 Å². The molecule has 0 radical (unpaired) electrons. The molecule has 2 aliphatic heterocycles. The Hall–Kier alpha value is -0.710. The third-order valence-corrected chi connectivity index (χ3v) is 6.35. The number of aryl methyl sites for hydroxylation is 1. The molecule has 21 heavy (non-hydrogen) atoms. The first-order valence-electron chi connectivity index (χ1n) is 8.22. The quantitative estimate of drug-likeness (QED) is 0.799. The lowest BCUT2D eigenvalue weighted by Crippen LogP contribution is -2.53. The first kappa shape index (κ1) is 15.2. The van der Waals surface area contributed by atoms with Crippen molar-refractivity contribution in [2.75, 3.05) is 33.2 Å². The van der Waals surface area contributed by atoms with Gasteiger partial charge in [-0.1, -0.05) is 6.92 Å². The number of nitrogens with zero attached hydrogens (tertiary/aromatic N) is 2. The van der Waals surface area contributed by atoms with Crippen molar-refractivity contribution in [2.45, 2.75) is 38.6 Å². The molecule has 0 N–H and O–H groups in total. The maximum atomic E-state index is 12.4. The van der Waals surface area contributed by atoms with Gasteiger partial charge in [0.05, 0.1) is 11.4 Å². The second-order valence-electron chi connectivity index (χ2n) is 6.52. The Balaban J connectivity index is 1.57. The second kappa shape index (κ2) is 6.59. The van der Waals surface area contributed by atoms with Gasteiger partial charge in [0.1, 0.15) is 0 Å². The van der Waals surface area contributed by atoms with Gasteiger partial charge in [-0.05, 0) is 57.3 Å². The first-order chi connectivity index (χ1) is 10.2. The van der Waals surface area contributed by atoms with E-state index in [4.69, 9.17) is 0 Å². The Morgan fingerprint density at radius 1 is 1.33 bits per heavy atom. The van der Waals surface area contributed by atoms with E-state index >= 15 is 0 Å². The maximum Gasteiger partial charge on any atom is 0.186 e. The van der Waals surface area contributed by atoms with Crippen LogP contribution in [0.5, 0.6) is 0 Å². The van der Waals surface area contributed by atoms with Gasteiger partial charge in [0.2, 0.25) is 0 Å². The molecule has 0 amide bonds. The van der Waals surface area contributed by atoms with Crippen molar-refractivity contribution in [1.29, 1.82) is 0 Å². The lowest BCUT2D eigenvalue weighted by Gasteiger charge is -2.45. The molecule has 0 aromatic carbocycles. The zero-order valence-corrected chi connectivity index (χ0v) is 14.0. The van der Waals surface area contributed by atoms with Crippen molar-refractivity contribution in [3.63, 3.8) is 0 Å². The van der Waals surface area contributed by atoms with E-state index in [1.165, 1.54) is 30.7 Å². The second-order valence-corrected chi connectivity index (χ2v) is 7.69.